The Kier molecular flexibility index (Phi) is 6.21. The fraction of sp³-hybridized carbons (Fsp3) is 0.171. The van der Waals surface area contributed by atoms with Crippen molar-refractivity contribution < 1.29 is 28.8 Å². The van der Waals surface area contributed by atoms with E-state index in [1.165, 1.54) is 38.5 Å². The SMILES string of the molecule is COc1ccc(OC)c([C@@H]2[C@@H](C(=O)c3cccc([N+](=O)[O-])c3)N3c4ccccc4C=C[C@@H]3C23C(=O)c2ccccc2C3=O)c1. The Morgan fingerprint density at radius 3 is 2.25 bits per heavy atom. The highest BCUT2D eigenvalue weighted by molar-refractivity contribution is 6.32. The maximum absolute atomic E-state index is 14.9. The van der Waals surface area contributed by atoms with Crippen molar-refractivity contribution in [3.63, 3.8) is 0 Å². The zero-order valence-corrected chi connectivity index (χ0v) is 23.8. The zero-order chi connectivity index (χ0) is 30.7. The van der Waals surface area contributed by atoms with Gasteiger partial charge in [-0.05, 0) is 29.8 Å². The summed E-state index contributed by atoms with van der Waals surface area (Å²) in [6, 6.07) is 22.8. The van der Waals surface area contributed by atoms with Gasteiger partial charge < -0.3 is 14.4 Å². The van der Waals surface area contributed by atoms with E-state index in [1.54, 1.807) is 42.5 Å². The van der Waals surface area contributed by atoms with Crippen molar-refractivity contribution in [1.82, 2.24) is 0 Å². The summed E-state index contributed by atoms with van der Waals surface area (Å²) in [6.07, 6.45) is 3.70. The molecule has 1 aliphatic carbocycles. The number of ether oxygens (including phenoxy) is 2. The van der Waals surface area contributed by atoms with E-state index in [9.17, 15) is 24.5 Å². The van der Waals surface area contributed by atoms with Crippen LogP contribution in [0.2, 0.25) is 0 Å². The van der Waals surface area contributed by atoms with Crippen LogP contribution in [-0.2, 0) is 0 Å². The van der Waals surface area contributed by atoms with Crippen molar-refractivity contribution in [2.24, 2.45) is 5.41 Å². The monoisotopic (exact) mass is 586 g/mol. The molecule has 0 radical (unpaired) electrons. The Hall–Kier alpha value is -5.57. The number of anilines is 1. The first-order valence-electron chi connectivity index (χ1n) is 14.1. The standard InChI is InChI=1S/C35H26N2O7/c1-43-23-15-16-28(44-2)26(19-23)30-31(32(38)21-9-7-10-22(18-21)37(41)42)36-27-13-6-3-8-20(27)14-17-29(36)35(30)33(39)24-11-4-5-12-25(24)34(35)40/h3-19,29-31H,1-2H3/t29-,30-,31+/m1/s1. The number of fused-ring (bicyclic) bond motifs is 5. The molecule has 0 unspecified atom stereocenters. The first-order chi connectivity index (χ1) is 21.3. The van der Waals surface area contributed by atoms with E-state index >= 15 is 0 Å². The number of carbonyl (C=O) groups excluding carboxylic acids is 3. The average molecular weight is 587 g/mol. The first kappa shape index (κ1) is 27.3. The molecular weight excluding hydrogens is 560 g/mol. The summed E-state index contributed by atoms with van der Waals surface area (Å²) in [5, 5.41) is 11.7. The summed E-state index contributed by atoms with van der Waals surface area (Å²) in [4.78, 5) is 57.5. The number of nitro benzene ring substituents is 1. The highest BCUT2D eigenvalue weighted by Crippen LogP contribution is 2.62. The van der Waals surface area contributed by atoms with Gasteiger partial charge >= 0.3 is 0 Å². The minimum atomic E-state index is -1.76. The number of benzene rings is 4. The Bertz CT molecular complexity index is 1890. The molecule has 7 rings (SSSR count). The quantitative estimate of drug-likeness (QED) is 0.118. The largest absolute Gasteiger partial charge is 0.497 e. The third kappa shape index (κ3) is 3.62. The fourth-order valence-corrected chi connectivity index (χ4v) is 7.29. The molecule has 3 atom stereocenters. The summed E-state index contributed by atoms with van der Waals surface area (Å²) >= 11 is 0. The van der Waals surface area contributed by atoms with Crippen LogP contribution >= 0.6 is 0 Å². The summed E-state index contributed by atoms with van der Waals surface area (Å²) < 4.78 is 11.4. The molecule has 0 amide bonds. The third-order valence-corrected chi connectivity index (χ3v) is 9.10. The Morgan fingerprint density at radius 1 is 0.864 bits per heavy atom. The Labute approximate surface area is 252 Å². The number of para-hydroxylation sites is 1. The number of Topliss-reactive ketones (excluding diaryl/α,β-unsaturated/α-hetero) is 3. The Balaban J connectivity index is 1.58. The normalized spacial score (nSPS) is 20.7. The molecule has 218 valence electrons. The second-order valence-electron chi connectivity index (χ2n) is 11.0. The second-order valence-corrected chi connectivity index (χ2v) is 11.0. The molecular formula is C35H26N2O7. The summed E-state index contributed by atoms with van der Waals surface area (Å²) in [5.41, 5.74) is 0.609. The highest BCUT2D eigenvalue weighted by atomic mass is 16.6. The van der Waals surface area contributed by atoms with Gasteiger partial charge in [-0.25, -0.2) is 0 Å². The fourth-order valence-electron chi connectivity index (χ4n) is 7.29. The molecule has 9 heteroatoms. The first-order valence-corrected chi connectivity index (χ1v) is 14.1. The molecule has 0 N–H and O–H groups in total. The lowest BCUT2D eigenvalue weighted by atomic mass is 9.64. The molecule has 44 heavy (non-hydrogen) atoms. The van der Waals surface area contributed by atoms with Gasteiger partial charge in [0.1, 0.15) is 23.0 Å². The number of non-ortho nitro benzene ring substituents is 1. The lowest BCUT2D eigenvalue weighted by molar-refractivity contribution is -0.384. The molecule has 1 saturated heterocycles. The van der Waals surface area contributed by atoms with Crippen molar-refractivity contribution >= 4 is 34.8 Å². The molecule has 3 aliphatic rings. The van der Waals surface area contributed by atoms with Gasteiger partial charge in [0, 0.05) is 46.0 Å². The number of nitrogens with zero attached hydrogens (tertiary/aromatic N) is 2. The number of rotatable bonds is 6. The minimum Gasteiger partial charge on any atom is -0.497 e. The summed E-state index contributed by atoms with van der Waals surface area (Å²) in [7, 11) is 2.99. The second kappa shape index (κ2) is 10.0. The number of methoxy groups -OCH3 is 2. The Morgan fingerprint density at radius 2 is 1.57 bits per heavy atom. The van der Waals surface area contributed by atoms with Crippen LogP contribution in [0, 0.1) is 15.5 Å². The smallest absolute Gasteiger partial charge is 0.270 e. The topological polar surface area (TPSA) is 116 Å². The van der Waals surface area contributed by atoms with E-state index in [2.05, 4.69) is 0 Å². The van der Waals surface area contributed by atoms with Crippen LogP contribution in [0.15, 0.2) is 97.1 Å². The number of nitro groups is 1. The average Bonchev–Trinajstić information content (AvgIpc) is 3.50. The maximum atomic E-state index is 14.9. The predicted molar refractivity (Wildman–Crippen MR) is 163 cm³/mol. The molecule has 0 bridgehead atoms. The molecule has 1 spiro atoms. The van der Waals surface area contributed by atoms with Gasteiger partial charge in [-0.2, -0.15) is 0 Å². The van der Waals surface area contributed by atoms with Gasteiger partial charge in [-0.3, -0.25) is 24.5 Å². The molecule has 9 nitrogen and oxygen atoms in total. The van der Waals surface area contributed by atoms with Crippen LogP contribution in [-0.4, -0.2) is 48.6 Å². The molecule has 2 aliphatic heterocycles. The maximum Gasteiger partial charge on any atom is 0.270 e. The van der Waals surface area contributed by atoms with Crippen LogP contribution in [0.25, 0.3) is 6.08 Å². The van der Waals surface area contributed by atoms with Crippen LogP contribution in [0.4, 0.5) is 11.4 Å². The lowest BCUT2D eigenvalue weighted by Crippen LogP contribution is -2.48. The number of ketones is 3. The molecule has 1 fully saturated rings. The molecule has 0 saturated carbocycles. The predicted octanol–water partition coefficient (Wildman–Crippen LogP) is 5.93. The zero-order valence-electron chi connectivity index (χ0n) is 23.8. The van der Waals surface area contributed by atoms with Crippen molar-refractivity contribution in [3.8, 4) is 11.5 Å². The number of carbonyl (C=O) groups is 3. The van der Waals surface area contributed by atoms with Crippen molar-refractivity contribution in [3.05, 3.63) is 135 Å². The minimum absolute atomic E-state index is 0.0920. The molecule has 2 heterocycles. The van der Waals surface area contributed by atoms with E-state index in [-0.39, 0.29) is 22.8 Å². The van der Waals surface area contributed by atoms with Gasteiger partial charge in [0.2, 0.25) is 0 Å². The number of hydrogen-bond donors (Lipinski definition) is 0. The highest BCUT2D eigenvalue weighted by Gasteiger charge is 2.72. The van der Waals surface area contributed by atoms with Crippen LogP contribution < -0.4 is 14.4 Å². The third-order valence-electron chi connectivity index (χ3n) is 9.10. The van der Waals surface area contributed by atoms with Crippen LogP contribution in [0.1, 0.15) is 48.1 Å². The van der Waals surface area contributed by atoms with Gasteiger partial charge in [0.15, 0.2) is 17.3 Å². The van der Waals surface area contributed by atoms with Crippen molar-refractivity contribution in [2.75, 3.05) is 19.1 Å². The number of hydrogen-bond acceptors (Lipinski definition) is 8. The van der Waals surface area contributed by atoms with E-state index in [4.69, 9.17) is 9.47 Å². The summed E-state index contributed by atoms with van der Waals surface area (Å²) in [5.74, 6) is -1.48. The van der Waals surface area contributed by atoms with E-state index in [0.717, 1.165) is 5.56 Å². The molecule has 4 aromatic carbocycles. The van der Waals surface area contributed by atoms with E-state index in [0.29, 0.717) is 33.9 Å². The molecule has 0 aromatic heterocycles. The van der Waals surface area contributed by atoms with Crippen LogP contribution in [0.5, 0.6) is 11.5 Å². The van der Waals surface area contributed by atoms with Gasteiger partial charge in [-0.1, -0.05) is 66.7 Å². The van der Waals surface area contributed by atoms with Crippen molar-refractivity contribution in [1.29, 1.82) is 0 Å². The van der Waals surface area contributed by atoms with Gasteiger partial charge in [0.25, 0.3) is 5.69 Å². The van der Waals surface area contributed by atoms with Crippen LogP contribution in [0.3, 0.4) is 0 Å². The van der Waals surface area contributed by atoms with Gasteiger partial charge in [-0.15, -0.1) is 0 Å². The van der Waals surface area contributed by atoms with E-state index < -0.39 is 34.1 Å². The summed E-state index contributed by atoms with van der Waals surface area (Å²) in [6.45, 7) is 0. The lowest BCUT2D eigenvalue weighted by Gasteiger charge is -2.37. The van der Waals surface area contributed by atoms with Gasteiger partial charge in [0.05, 0.1) is 25.2 Å². The van der Waals surface area contributed by atoms with Crippen molar-refractivity contribution in [2.45, 2.75) is 18.0 Å². The van der Waals surface area contributed by atoms with E-state index in [1.807, 2.05) is 41.3 Å². The molecule has 4 aromatic rings.